The summed E-state index contributed by atoms with van der Waals surface area (Å²) >= 11 is 0. The molecule has 1 aliphatic heterocycles. The summed E-state index contributed by atoms with van der Waals surface area (Å²) in [6.07, 6.45) is 2.40. The van der Waals surface area contributed by atoms with Gasteiger partial charge in [0.2, 0.25) is 0 Å². The van der Waals surface area contributed by atoms with Crippen molar-refractivity contribution >= 4 is 11.4 Å². The normalized spacial score (nSPS) is 15.2. The third-order valence-electron chi connectivity index (χ3n) is 3.40. The van der Waals surface area contributed by atoms with Crippen LogP contribution in [0.15, 0.2) is 12.1 Å². The molecular formula is C14H22N2. The Bertz CT molecular complexity index is 385. The van der Waals surface area contributed by atoms with E-state index < -0.39 is 0 Å². The SMILES string of the molecule is CCCc1cc(C)cc2c1N(C)CCN2C. The van der Waals surface area contributed by atoms with E-state index in [1.54, 1.807) is 0 Å². The van der Waals surface area contributed by atoms with E-state index in [1.807, 2.05) is 0 Å². The van der Waals surface area contributed by atoms with Gasteiger partial charge in [-0.2, -0.15) is 0 Å². The number of benzene rings is 1. The molecule has 2 heteroatoms. The highest BCUT2D eigenvalue weighted by molar-refractivity contribution is 5.77. The van der Waals surface area contributed by atoms with Crippen molar-refractivity contribution in [1.82, 2.24) is 0 Å². The molecule has 1 aromatic carbocycles. The molecule has 0 amide bonds. The van der Waals surface area contributed by atoms with Gasteiger partial charge in [-0.1, -0.05) is 19.4 Å². The first-order valence-electron chi connectivity index (χ1n) is 6.19. The van der Waals surface area contributed by atoms with Gasteiger partial charge in [0, 0.05) is 27.2 Å². The third kappa shape index (κ3) is 1.89. The Morgan fingerprint density at radius 2 is 1.81 bits per heavy atom. The van der Waals surface area contributed by atoms with Gasteiger partial charge in [-0.15, -0.1) is 0 Å². The molecule has 1 aliphatic rings. The maximum absolute atomic E-state index is 2.40. The minimum absolute atomic E-state index is 1.12. The third-order valence-corrected chi connectivity index (χ3v) is 3.40. The van der Waals surface area contributed by atoms with Crippen LogP contribution in [0, 0.1) is 6.92 Å². The average molecular weight is 218 g/mol. The molecule has 1 aromatic rings. The molecule has 2 rings (SSSR count). The lowest BCUT2D eigenvalue weighted by molar-refractivity contribution is 0.784. The average Bonchev–Trinajstić information content (AvgIpc) is 2.23. The van der Waals surface area contributed by atoms with Gasteiger partial charge < -0.3 is 9.80 Å². The van der Waals surface area contributed by atoms with Crippen molar-refractivity contribution in [2.45, 2.75) is 26.7 Å². The molecule has 0 radical (unpaired) electrons. The first-order valence-corrected chi connectivity index (χ1v) is 6.19. The van der Waals surface area contributed by atoms with Crippen LogP contribution in [0.2, 0.25) is 0 Å². The van der Waals surface area contributed by atoms with Crippen molar-refractivity contribution in [2.75, 3.05) is 37.0 Å². The summed E-state index contributed by atoms with van der Waals surface area (Å²) in [4.78, 5) is 4.78. The van der Waals surface area contributed by atoms with E-state index in [1.165, 1.54) is 35.3 Å². The zero-order valence-electron chi connectivity index (χ0n) is 10.9. The Morgan fingerprint density at radius 3 is 2.50 bits per heavy atom. The molecule has 0 aliphatic carbocycles. The molecule has 0 saturated heterocycles. The molecule has 0 bridgehead atoms. The fourth-order valence-corrected chi connectivity index (χ4v) is 2.56. The monoisotopic (exact) mass is 218 g/mol. The number of anilines is 2. The minimum atomic E-state index is 1.12. The first kappa shape index (κ1) is 11.3. The van der Waals surface area contributed by atoms with E-state index in [2.05, 4.69) is 49.9 Å². The molecule has 0 saturated carbocycles. The van der Waals surface area contributed by atoms with Crippen LogP contribution in [-0.4, -0.2) is 27.2 Å². The maximum atomic E-state index is 2.40. The number of hydrogen-bond acceptors (Lipinski definition) is 2. The highest BCUT2D eigenvalue weighted by atomic mass is 15.2. The van der Waals surface area contributed by atoms with Crippen molar-refractivity contribution in [3.63, 3.8) is 0 Å². The lowest BCUT2D eigenvalue weighted by atomic mass is 10.0. The summed E-state index contributed by atoms with van der Waals surface area (Å²) in [6.45, 7) is 6.70. The number of likely N-dealkylation sites (N-methyl/N-ethyl adjacent to an activating group) is 2. The van der Waals surface area contributed by atoms with Gasteiger partial charge in [0.25, 0.3) is 0 Å². The molecule has 0 fully saturated rings. The zero-order chi connectivity index (χ0) is 11.7. The van der Waals surface area contributed by atoms with Crippen LogP contribution in [0.25, 0.3) is 0 Å². The van der Waals surface area contributed by atoms with Gasteiger partial charge in [0.15, 0.2) is 0 Å². The fourth-order valence-electron chi connectivity index (χ4n) is 2.56. The summed E-state index contributed by atoms with van der Waals surface area (Å²) < 4.78 is 0. The van der Waals surface area contributed by atoms with Crippen LogP contribution in [0.1, 0.15) is 24.5 Å². The second kappa shape index (κ2) is 4.36. The van der Waals surface area contributed by atoms with Crippen LogP contribution in [0.3, 0.4) is 0 Å². The summed E-state index contributed by atoms with van der Waals surface area (Å²) in [7, 11) is 4.40. The van der Waals surface area contributed by atoms with Crippen molar-refractivity contribution < 1.29 is 0 Å². The quantitative estimate of drug-likeness (QED) is 0.753. The Labute approximate surface area is 98.9 Å². The van der Waals surface area contributed by atoms with Crippen molar-refractivity contribution in [1.29, 1.82) is 0 Å². The van der Waals surface area contributed by atoms with Crippen LogP contribution < -0.4 is 9.80 Å². The molecular weight excluding hydrogens is 196 g/mol. The van der Waals surface area contributed by atoms with E-state index in [0.717, 1.165) is 13.1 Å². The summed E-state index contributed by atoms with van der Waals surface area (Å²) in [6, 6.07) is 4.65. The number of fused-ring (bicyclic) bond motifs is 1. The van der Waals surface area contributed by atoms with E-state index in [9.17, 15) is 0 Å². The van der Waals surface area contributed by atoms with Gasteiger partial charge in [-0.3, -0.25) is 0 Å². The Hall–Kier alpha value is -1.18. The summed E-state index contributed by atoms with van der Waals surface area (Å²) in [5, 5.41) is 0. The van der Waals surface area contributed by atoms with Gasteiger partial charge in [-0.05, 0) is 30.5 Å². The van der Waals surface area contributed by atoms with Gasteiger partial charge >= 0.3 is 0 Å². The Kier molecular flexibility index (Phi) is 3.08. The highest BCUT2D eigenvalue weighted by Crippen LogP contribution is 2.36. The number of rotatable bonds is 2. The van der Waals surface area contributed by atoms with Crippen LogP contribution in [0.4, 0.5) is 11.4 Å². The topological polar surface area (TPSA) is 6.48 Å². The van der Waals surface area contributed by atoms with E-state index in [0.29, 0.717) is 0 Å². The lowest BCUT2D eigenvalue weighted by Gasteiger charge is -2.36. The van der Waals surface area contributed by atoms with Crippen LogP contribution >= 0.6 is 0 Å². The lowest BCUT2D eigenvalue weighted by Crippen LogP contribution is -2.37. The largest absolute Gasteiger partial charge is 0.371 e. The van der Waals surface area contributed by atoms with Gasteiger partial charge in [0.1, 0.15) is 0 Å². The van der Waals surface area contributed by atoms with Gasteiger partial charge in [0.05, 0.1) is 11.4 Å². The number of nitrogens with zero attached hydrogens (tertiary/aromatic N) is 2. The molecule has 0 unspecified atom stereocenters. The smallest absolute Gasteiger partial charge is 0.0634 e. The molecule has 2 nitrogen and oxygen atoms in total. The number of hydrogen-bond donors (Lipinski definition) is 0. The zero-order valence-corrected chi connectivity index (χ0v) is 10.9. The molecule has 0 atom stereocenters. The molecule has 0 N–H and O–H groups in total. The Balaban J connectivity index is 2.53. The molecule has 88 valence electrons. The first-order chi connectivity index (χ1) is 7.63. The standard InChI is InChI=1S/C14H22N2/c1-5-6-12-9-11(2)10-13-14(12)16(4)8-7-15(13)3/h9-10H,5-8H2,1-4H3. The predicted molar refractivity (Wildman–Crippen MR) is 71.7 cm³/mol. The molecule has 0 aromatic heterocycles. The molecule has 0 spiro atoms. The second-order valence-corrected chi connectivity index (χ2v) is 4.88. The Morgan fingerprint density at radius 1 is 1.12 bits per heavy atom. The van der Waals surface area contributed by atoms with E-state index >= 15 is 0 Å². The van der Waals surface area contributed by atoms with Crippen molar-refractivity contribution in [3.8, 4) is 0 Å². The minimum Gasteiger partial charge on any atom is -0.371 e. The maximum Gasteiger partial charge on any atom is 0.0634 e. The number of aryl methyl sites for hydroxylation is 2. The fraction of sp³-hybridized carbons (Fsp3) is 0.571. The molecule has 16 heavy (non-hydrogen) atoms. The summed E-state index contributed by atoms with van der Waals surface area (Å²) in [5.41, 5.74) is 5.73. The van der Waals surface area contributed by atoms with E-state index in [4.69, 9.17) is 0 Å². The molecule has 1 heterocycles. The second-order valence-electron chi connectivity index (χ2n) is 4.88. The van der Waals surface area contributed by atoms with E-state index in [-0.39, 0.29) is 0 Å². The van der Waals surface area contributed by atoms with Crippen molar-refractivity contribution in [2.24, 2.45) is 0 Å². The summed E-state index contributed by atoms with van der Waals surface area (Å²) in [5.74, 6) is 0. The predicted octanol–water partition coefficient (Wildman–Crippen LogP) is 2.83. The van der Waals surface area contributed by atoms with Gasteiger partial charge in [-0.25, -0.2) is 0 Å². The highest BCUT2D eigenvalue weighted by Gasteiger charge is 2.20. The van der Waals surface area contributed by atoms with Crippen molar-refractivity contribution in [3.05, 3.63) is 23.3 Å². The van der Waals surface area contributed by atoms with Crippen LogP contribution in [-0.2, 0) is 6.42 Å². The van der Waals surface area contributed by atoms with Crippen LogP contribution in [0.5, 0.6) is 0 Å².